The van der Waals surface area contributed by atoms with Gasteiger partial charge in [0.05, 0.1) is 5.71 Å². The van der Waals surface area contributed by atoms with Gasteiger partial charge in [0.2, 0.25) is 0 Å². The predicted octanol–water partition coefficient (Wildman–Crippen LogP) is 4.57. The molecule has 0 bridgehead atoms. The van der Waals surface area contributed by atoms with Crippen LogP contribution >= 0.6 is 0 Å². The molecule has 0 heterocycles. The molecule has 0 unspecified atom stereocenters. The lowest BCUT2D eigenvalue weighted by molar-refractivity contribution is -0.141. The number of oxime groups is 1. The second kappa shape index (κ2) is 6.57. The molecule has 152 valence electrons. The molecule has 0 radical (unpaired) electrons. The fourth-order valence-corrected chi connectivity index (χ4v) is 8.02. The Morgan fingerprint density at radius 2 is 1.81 bits per heavy atom. The van der Waals surface area contributed by atoms with Gasteiger partial charge in [-0.05, 0) is 74.0 Å². The van der Waals surface area contributed by atoms with Crippen LogP contribution in [0.2, 0.25) is 0 Å². The maximum absolute atomic E-state index is 12.6. The van der Waals surface area contributed by atoms with Gasteiger partial charge < -0.3 is 10.6 Å². The van der Waals surface area contributed by atoms with Crippen molar-refractivity contribution < 1.29 is 9.63 Å². The van der Waals surface area contributed by atoms with Gasteiger partial charge >= 0.3 is 0 Å². The number of nitrogens with two attached hydrogens (primary N) is 1. The Bertz CT molecular complexity index is 642. The van der Waals surface area contributed by atoms with Crippen molar-refractivity contribution in [3.05, 3.63) is 0 Å². The van der Waals surface area contributed by atoms with E-state index in [1.807, 2.05) is 0 Å². The summed E-state index contributed by atoms with van der Waals surface area (Å²) in [5.74, 6) is 3.35. The summed E-state index contributed by atoms with van der Waals surface area (Å²) in [5, 5.41) is 4.52. The van der Waals surface area contributed by atoms with Crippen molar-refractivity contribution in [2.24, 2.45) is 50.8 Å². The molecule has 0 aromatic rings. The van der Waals surface area contributed by atoms with E-state index in [2.05, 4.69) is 32.9 Å². The van der Waals surface area contributed by atoms with Crippen LogP contribution in [0.1, 0.15) is 79.1 Å². The van der Waals surface area contributed by atoms with Crippen molar-refractivity contribution >= 4 is 11.5 Å². The first-order chi connectivity index (χ1) is 12.7. The molecule has 4 rings (SSSR count). The summed E-state index contributed by atoms with van der Waals surface area (Å²) in [4.78, 5) is 18.1. The molecule has 0 aromatic heterocycles. The van der Waals surface area contributed by atoms with Crippen LogP contribution < -0.4 is 5.73 Å². The van der Waals surface area contributed by atoms with E-state index in [9.17, 15) is 4.79 Å². The smallest absolute Gasteiger partial charge is 0.139 e. The molecule has 0 aromatic carbocycles. The Morgan fingerprint density at radius 1 is 1.04 bits per heavy atom. The van der Waals surface area contributed by atoms with Crippen LogP contribution in [0.3, 0.4) is 0 Å². The Balaban J connectivity index is 1.60. The molecule has 0 aliphatic heterocycles. The third kappa shape index (κ3) is 2.73. The second-order valence-corrected chi connectivity index (χ2v) is 10.8. The number of nitrogens with zero attached hydrogens (tertiary/aromatic N) is 1. The number of carbonyl (C=O) groups excluding carboxylic acids is 1. The van der Waals surface area contributed by atoms with E-state index in [1.54, 1.807) is 0 Å². The van der Waals surface area contributed by atoms with Gasteiger partial charge in [-0.3, -0.25) is 4.79 Å². The topological polar surface area (TPSA) is 64.7 Å². The van der Waals surface area contributed by atoms with Gasteiger partial charge in [0.25, 0.3) is 0 Å². The third-order valence-corrected chi connectivity index (χ3v) is 9.48. The number of fused-ring (bicyclic) bond motifs is 5. The fraction of sp³-hybridized carbons (Fsp3) is 0.913. The number of hydrogen-bond donors (Lipinski definition) is 1. The maximum Gasteiger partial charge on any atom is 0.139 e. The van der Waals surface area contributed by atoms with Gasteiger partial charge in [-0.1, -0.05) is 32.9 Å². The van der Waals surface area contributed by atoms with Crippen molar-refractivity contribution in [1.29, 1.82) is 0 Å². The quantitative estimate of drug-likeness (QED) is 0.581. The van der Waals surface area contributed by atoms with E-state index in [-0.39, 0.29) is 10.8 Å². The van der Waals surface area contributed by atoms with Crippen LogP contribution in [-0.4, -0.2) is 24.6 Å². The van der Waals surface area contributed by atoms with Gasteiger partial charge in [0.15, 0.2) is 0 Å². The summed E-state index contributed by atoms with van der Waals surface area (Å²) >= 11 is 0. The molecule has 4 heteroatoms. The predicted molar refractivity (Wildman–Crippen MR) is 108 cm³/mol. The highest BCUT2D eigenvalue weighted by Gasteiger charge is 2.62. The van der Waals surface area contributed by atoms with Crippen LogP contribution in [0.5, 0.6) is 0 Å². The molecule has 4 saturated carbocycles. The van der Waals surface area contributed by atoms with Crippen molar-refractivity contribution in [2.45, 2.75) is 79.1 Å². The average molecular weight is 375 g/mol. The summed E-state index contributed by atoms with van der Waals surface area (Å²) in [6.45, 7) is 10.6. The first-order valence-electron chi connectivity index (χ1n) is 11.2. The van der Waals surface area contributed by atoms with E-state index in [0.29, 0.717) is 36.2 Å². The summed E-state index contributed by atoms with van der Waals surface area (Å²) in [6, 6.07) is 0. The number of carbonyl (C=O) groups is 1. The largest absolute Gasteiger partial charge is 0.394 e. The molecule has 6 atom stereocenters. The van der Waals surface area contributed by atoms with Crippen LogP contribution in [0.15, 0.2) is 5.16 Å². The Morgan fingerprint density at radius 3 is 2.56 bits per heavy atom. The number of hydrogen-bond acceptors (Lipinski definition) is 4. The molecule has 0 amide bonds. The molecule has 4 aliphatic carbocycles. The summed E-state index contributed by atoms with van der Waals surface area (Å²) in [5.41, 5.74) is 7.22. The first-order valence-corrected chi connectivity index (χ1v) is 11.2. The standard InChI is InChI=1S/C23H38N2O2/c1-21(2)18-7-5-15-16-6-8-20(26)23(16,4)11-9-17(15)22(18,3)12-10-19(21)25-27-14-13-24/h15-18H,5-14,24H2,1-4H3/b25-19+/t15-,16-,17-,18-,22+,23-/m0/s1. The minimum atomic E-state index is -0.0166. The Kier molecular flexibility index (Phi) is 4.73. The molecule has 4 nitrogen and oxygen atoms in total. The Hall–Kier alpha value is -0.900. The highest BCUT2D eigenvalue weighted by molar-refractivity contribution is 5.90. The SMILES string of the molecule is CC1(C)/C(=N/OCCN)CC[C@]2(C)[C@H]3CC[C@]4(C)C(=O)CC[C@H]4[C@@H]3CC[C@@H]12. The van der Waals surface area contributed by atoms with Gasteiger partial charge in [0, 0.05) is 23.8 Å². The molecular formula is C23H38N2O2. The van der Waals surface area contributed by atoms with Gasteiger partial charge in [0.1, 0.15) is 12.4 Å². The van der Waals surface area contributed by atoms with Crippen molar-refractivity contribution in [2.75, 3.05) is 13.2 Å². The summed E-state index contributed by atoms with van der Waals surface area (Å²) < 4.78 is 0. The fourth-order valence-electron chi connectivity index (χ4n) is 8.02. The molecule has 0 spiro atoms. The van der Waals surface area contributed by atoms with Crippen LogP contribution in [0.4, 0.5) is 0 Å². The third-order valence-electron chi connectivity index (χ3n) is 9.48. The van der Waals surface area contributed by atoms with E-state index in [0.717, 1.165) is 37.5 Å². The zero-order chi connectivity index (χ0) is 19.4. The van der Waals surface area contributed by atoms with Crippen LogP contribution in [0.25, 0.3) is 0 Å². The monoisotopic (exact) mass is 374 g/mol. The summed E-state index contributed by atoms with van der Waals surface area (Å²) in [7, 11) is 0. The van der Waals surface area contributed by atoms with Crippen molar-refractivity contribution in [3.8, 4) is 0 Å². The van der Waals surface area contributed by atoms with Crippen molar-refractivity contribution in [3.63, 3.8) is 0 Å². The molecule has 27 heavy (non-hydrogen) atoms. The minimum absolute atomic E-state index is 0.0166. The zero-order valence-electron chi connectivity index (χ0n) is 17.7. The molecule has 0 saturated heterocycles. The minimum Gasteiger partial charge on any atom is -0.394 e. The lowest BCUT2D eigenvalue weighted by Gasteiger charge is -2.63. The van der Waals surface area contributed by atoms with E-state index in [1.165, 1.54) is 31.4 Å². The maximum atomic E-state index is 12.6. The number of Topliss-reactive ketones (excluding diaryl/α,β-unsaturated/α-hetero) is 1. The first kappa shape index (κ1) is 19.4. The lowest BCUT2D eigenvalue weighted by atomic mass is 9.41. The van der Waals surface area contributed by atoms with Crippen LogP contribution in [-0.2, 0) is 9.63 Å². The number of ketones is 1. The van der Waals surface area contributed by atoms with Crippen molar-refractivity contribution in [1.82, 2.24) is 0 Å². The highest BCUT2D eigenvalue weighted by atomic mass is 16.6. The van der Waals surface area contributed by atoms with E-state index < -0.39 is 0 Å². The normalized spacial score (nSPS) is 47.3. The molecule has 2 N–H and O–H groups in total. The second-order valence-electron chi connectivity index (χ2n) is 10.8. The van der Waals surface area contributed by atoms with Gasteiger partial charge in [-0.25, -0.2) is 0 Å². The summed E-state index contributed by atoms with van der Waals surface area (Å²) in [6.07, 6.45) is 9.12. The molecule has 4 fully saturated rings. The van der Waals surface area contributed by atoms with E-state index in [4.69, 9.17) is 10.6 Å². The average Bonchev–Trinajstić information content (AvgIpc) is 2.92. The van der Waals surface area contributed by atoms with Gasteiger partial charge in [-0.15, -0.1) is 0 Å². The van der Waals surface area contributed by atoms with Crippen LogP contribution in [0, 0.1) is 39.9 Å². The highest BCUT2D eigenvalue weighted by Crippen LogP contribution is 2.67. The van der Waals surface area contributed by atoms with Gasteiger partial charge in [-0.2, -0.15) is 0 Å². The van der Waals surface area contributed by atoms with E-state index >= 15 is 0 Å². The lowest BCUT2D eigenvalue weighted by Crippen LogP contribution is -2.58. The molecular weight excluding hydrogens is 336 g/mol. The Labute approximate surface area is 164 Å². The number of rotatable bonds is 3. The zero-order valence-corrected chi connectivity index (χ0v) is 17.7. The molecule has 4 aliphatic rings.